The van der Waals surface area contributed by atoms with Gasteiger partial charge < -0.3 is 0 Å². The van der Waals surface area contributed by atoms with Gasteiger partial charge in [-0.2, -0.15) is 0 Å². The van der Waals surface area contributed by atoms with Gasteiger partial charge in [0.25, 0.3) is 0 Å². The molecule has 0 aromatic heterocycles. The highest BCUT2D eigenvalue weighted by Gasteiger charge is 2.58. The normalized spacial score (nSPS) is 45.1. The van der Waals surface area contributed by atoms with E-state index >= 15 is 0 Å². The largest absolute Gasteiger partial charge is 0.290 e. The van der Waals surface area contributed by atoms with Crippen molar-refractivity contribution in [2.24, 2.45) is 17.3 Å². The molecule has 1 radical (unpaired) electrons. The van der Waals surface area contributed by atoms with E-state index in [-0.39, 0.29) is 5.41 Å². The summed E-state index contributed by atoms with van der Waals surface area (Å²) < 4.78 is 0. The first-order valence-corrected chi connectivity index (χ1v) is 7.19. The molecule has 1 aromatic carbocycles. The van der Waals surface area contributed by atoms with Gasteiger partial charge >= 0.3 is 0 Å². The van der Waals surface area contributed by atoms with Crippen molar-refractivity contribution in [2.75, 3.05) is 0 Å². The molecule has 4 saturated carbocycles. The summed E-state index contributed by atoms with van der Waals surface area (Å²) in [4.78, 5) is 11.5. The van der Waals surface area contributed by atoms with Crippen LogP contribution < -0.4 is 0 Å². The molecule has 1 heteroatoms. The lowest BCUT2D eigenvalue weighted by atomic mass is 9.43. The predicted octanol–water partition coefficient (Wildman–Crippen LogP) is 3.63. The molecular formula is C17H19O. The van der Waals surface area contributed by atoms with E-state index in [0.29, 0.717) is 5.41 Å². The number of benzene rings is 1. The molecule has 1 aromatic rings. The lowest BCUT2D eigenvalue weighted by Crippen LogP contribution is -2.54. The van der Waals surface area contributed by atoms with Crippen molar-refractivity contribution in [1.29, 1.82) is 0 Å². The quantitative estimate of drug-likeness (QED) is 0.770. The van der Waals surface area contributed by atoms with Gasteiger partial charge in [-0.15, -0.1) is 0 Å². The molecule has 0 heterocycles. The molecule has 2 atom stereocenters. The maximum Gasteiger partial charge on any atom is 0.205 e. The van der Waals surface area contributed by atoms with Crippen molar-refractivity contribution >= 4 is 6.29 Å². The molecular weight excluding hydrogens is 220 g/mol. The minimum atomic E-state index is -0.0973. The molecule has 0 N–H and O–H groups in total. The van der Waals surface area contributed by atoms with Crippen LogP contribution in [0, 0.1) is 17.3 Å². The second-order valence-corrected chi connectivity index (χ2v) is 6.99. The van der Waals surface area contributed by atoms with Crippen LogP contribution in [0.25, 0.3) is 0 Å². The first-order chi connectivity index (χ1) is 8.74. The molecule has 0 aliphatic heterocycles. The summed E-state index contributed by atoms with van der Waals surface area (Å²) in [5.41, 5.74) is 1.67. The van der Waals surface area contributed by atoms with E-state index in [1.54, 1.807) is 0 Å². The van der Waals surface area contributed by atoms with E-state index < -0.39 is 0 Å². The van der Waals surface area contributed by atoms with Crippen LogP contribution in [0.4, 0.5) is 0 Å². The Bertz CT molecular complexity index is 462. The van der Waals surface area contributed by atoms with Gasteiger partial charge in [-0.05, 0) is 61.3 Å². The van der Waals surface area contributed by atoms with Crippen LogP contribution in [0.3, 0.4) is 0 Å². The van der Waals surface area contributed by atoms with Crippen molar-refractivity contribution in [3.63, 3.8) is 0 Å². The Kier molecular flexibility index (Phi) is 2.07. The van der Waals surface area contributed by atoms with E-state index in [4.69, 9.17) is 0 Å². The lowest BCUT2D eigenvalue weighted by molar-refractivity contribution is -0.0357. The second-order valence-electron chi connectivity index (χ2n) is 6.99. The van der Waals surface area contributed by atoms with Gasteiger partial charge in [-0.1, -0.05) is 30.3 Å². The van der Waals surface area contributed by atoms with E-state index in [0.717, 1.165) is 31.1 Å². The Hall–Kier alpha value is -1.11. The van der Waals surface area contributed by atoms with Gasteiger partial charge in [-0.3, -0.25) is 4.79 Å². The van der Waals surface area contributed by atoms with Crippen molar-refractivity contribution in [3.8, 4) is 0 Å². The monoisotopic (exact) mass is 239 g/mol. The standard InChI is InChI=1S/C17H19O/c18-12-16-7-13-6-14(8-16)10-17(9-13,11-16)15-4-2-1-3-5-15/h1-5,13-14H,6-11H2. The molecule has 4 bridgehead atoms. The van der Waals surface area contributed by atoms with Crippen LogP contribution in [0.2, 0.25) is 0 Å². The smallest absolute Gasteiger partial charge is 0.205 e. The highest BCUT2D eigenvalue weighted by atomic mass is 16.1. The Morgan fingerprint density at radius 1 is 1.00 bits per heavy atom. The molecule has 0 saturated heterocycles. The van der Waals surface area contributed by atoms with Gasteiger partial charge in [0, 0.05) is 5.41 Å². The van der Waals surface area contributed by atoms with Gasteiger partial charge in [-0.25, -0.2) is 0 Å². The molecule has 18 heavy (non-hydrogen) atoms. The average Bonchev–Trinajstić information content (AvgIpc) is 2.38. The van der Waals surface area contributed by atoms with Crippen LogP contribution in [-0.4, -0.2) is 6.29 Å². The summed E-state index contributed by atoms with van der Waals surface area (Å²) in [6.45, 7) is 0. The molecule has 93 valence electrons. The third-order valence-electron chi connectivity index (χ3n) is 5.66. The number of hydrogen-bond acceptors (Lipinski definition) is 1. The number of carbonyl (C=O) groups excluding carboxylic acids is 1. The van der Waals surface area contributed by atoms with Crippen LogP contribution in [-0.2, 0) is 10.2 Å². The first kappa shape index (κ1) is 10.8. The van der Waals surface area contributed by atoms with Gasteiger partial charge in [0.1, 0.15) is 0 Å². The van der Waals surface area contributed by atoms with Crippen LogP contribution in [0.15, 0.2) is 30.3 Å². The van der Waals surface area contributed by atoms with E-state index in [1.807, 2.05) is 0 Å². The Morgan fingerprint density at radius 2 is 1.67 bits per heavy atom. The van der Waals surface area contributed by atoms with Crippen LogP contribution in [0.5, 0.6) is 0 Å². The zero-order chi connectivity index (χ0) is 12.2. The predicted molar refractivity (Wildman–Crippen MR) is 70.9 cm³/mol. The minimum Gasteiger partial charge on any atom is -0.290 e. The third kappa shape index (κ3) is 1.36. The summed E-state index contributed by atoms with van der Waals surface area (Å²) in [7, 11) is 0. The molecule has 5 rings (SSSR count). The molecule has 2 unspecified atom stereocenters. The first-order valence-electron chi connectivity index (χ1n) is 7.19. The number of hydrogen-bond donors (Lipinski definition) is 0. The lowest BCUT2D eigenvalue weighted by Gasteiger charge is -2.60. The fraction of sp³-hybridized carbons (Fsp3) is 0.588. The number of rotatable bonds is 2. The molecule has 0 spiro atoms. The van der Waals surface area contributed by atoms with Crippen molar-refractivity contribution in [2.45, 2.75) is 43.9 Å². The summed E-state index contributed by atoms with van der Waals surface area (Å²) in [5, 5.41) is 0. The van der Waals surface area contributed by atoms with Crippen molar-refractivity contribution in [1.82, 2.24) is 0 Å². The maximum absolute atomic E-state index is 11.5. The molecule has 4 aliphatic carbocycles. The fourth-order valence-corrected chi connectivity index (χ4v) is 5.51. The summed E-state index contributed by atoms with van der Waals surface area (Å²) in [6.07, 6.45) is 9.70. The minimum absolute atomic E-state index is 0.0973. The van der Waals surface area contributed by atoms with Gasteiger partial charge in [0.15, 0.2) is 0 Å². The van der Waals surface area contributed by atoms with Crippen LogP contribution in [0.1, 0.15) is 44.1 Å². The zero-order valence-electron chi connectivity index (χ0n) is 10.7. The molecule has 1 nitrogen and oxygen atoms in total. The van der Waals surface area contributed by atoms with E-state index in [9.17, 15) is 4.79 Å². The fourth-order valence-electron chi connectivity index (χ4n) is 5.51. The highest BCUT2D eigenvalue weighted by Crippen LogP contribution is 2.64. The Morgan fingerprint density at radius 3 is 2.28 bits per heavy atom. The molecule has 4 fully saturated rings. The molecule has 0 amide bonds. The Labute approximate surface area is 109 Å². The second kappa shape index (κ2) is 3.46. The van der Waals surface area contributed by atoms with Gasteiger partial charge in [0.05, 0.1) is 0 Å². The van der Waals surface area contributed by atoms with Crippen molar-refractivity contribution in [3.05, 3.63) is 35.9 Å². The molecule has 4 aliphatic rings. The maximum atomic E-state index is 11.5. The van der Waals surface area contributed by atoms with Crippen molar-refractivity contribution < 1.29 is 4.79 Å². The van der Waals surface area contributed by atoms with E-state index in [2.05, 4.69) is 36.6 Å². The van der Waals surface area contributed by atoms with E-state index in [1.165, 1.54) is 24.8 Å². The van der Waals surface area contributed by atoms with Crippen LogP contribution >= 0.6 is 0 Å². The Balaban J connectivity index is 1.80. The average molecular weight is 239 g/mol. The summed E-state index contributed by atoms with van der Waals surface area (Å²) in [5.74, 6) is 1.54. The SMILES string of the molecule is O=[C]C12CC3CC(C1)CC(c1ccccc1)(C3)C2. The summed E-state index contributed by atoms with van der Waals surface area (Å²) in [6, 6.07) is 10.9. The zero-order valence-corrected chi connectivity index (χ0v) is 10.7. The highest BCUT2D eigenvalue weighted by molar-refractivity contribution is 5.62. The van der Waals surface area contributed by atoms with Gasteiger partial charge in [0.2, 0.25) is 6.29 Å². The topological polar surface area (TPSA) is 17.1 Å². The third-order valence-corrected chi connectivity index (χ3v) is 5.66. The summed E-state index contributed by atoms with van der Waals surface area (Å²) >= 11 is 0.